The van der Waals surface area contributed by atoms with E-state index < -0.39 is 5.97 Å². The van der Waals surface area contributed by atoms with Gasteiger partial charge in [-0.25, -0.2) is 4.79 Å². The van der Waals surface area contributed by atoms with E-state index in [-0.39, 0.29) is 47.5 Å². The van der Waals surface area contributed by atoms with Crippen molar-refractivity contribution in [2.24, 2.45) is 17.8 Å². The van der Waals surface area contributed by atoms with Crippen LogP contribution in [0.25, 0.3) is 0 Å². The van der Waals surface area contributed by atoms with Crippen LogP contribution >= 0.6 is 0 Å². The number of esters is 2. The van der Waals surface area contributed by atoms with Gasteiger partial charge in [0.2, 0.25) is 0 Å². The van der Waals surface area contributed by atoms with Gasteiger partial charge in [-0.3, -0.25) is 4.79 Å². The summed E-state index contributed by atoms with van der Waals surface area (Å²) in [6.45, 7) is 3.88. The van der Waals surface area contributed by atoms with Gasteiger partial charge < -0.3 is 14.2 Å². The van der Waals surface area contributed by atoms with Crippen LogP contribution in [0.15, 0.2) is 87.5 Å². The van der Waals surface area contributed by atoms with Gasteiger partial charge in [-0.2, -0.15) is 0 Å². The van der Waals surface area contributed by atoms with Gasteiger partial charge in [0.15, 0.2) is 21.3 Å². The number of hydrogen-bond donors (Lipinski definition) is 0. The van der Waals surface area contributed by atoms with E-state index >= 15 is 0 Å². The minimum absolute atomic E-state index is 0.0381. The molecule has 4 aliphatic rings. The minimum atomic E-state index is -0.408. The van der Waals surface area contributed by atoms with Gasteiger partial charge in [0.05, 0.1) is 16.8 Å². The number of aryl methyl sites for hydroxylation is 2. The van der Waals surface area contributed by atoms with Gasteiger partial charge in [0.1, 0.15) is 18.0 Å². The largest absolute Gasteiger partial charge is 0.481 e. The molecule has 3 aromatic rings. The number of benzene rings is 3. The Balaban J connectivity index is 1.17. The van der Waals surface area contributed by atoms with E-state index in [1.165, 1.54) is 14.7 Å². The van der Waals surface area contributed by atoms with Crippen LogP contribution in [0.3, 0.4) is 0 Å². The molecule has 2 aliphatic carbocycles. The molecule has 2 saturated heterocycles. The molecular formula is C32H33O5S+. The van der Waals surface area contributed by atoms with E-state index in [0.29, 0.717) is 11.7 Å². The van der Waals surface area contributed by atoms with Crippen LogP contribution in [-0.4, -0.2) is 30.8 Å². The highest BCUT2D eigenvalue weighted by atomic mass is 32.2. The van der Waals surface area contributed by atoms with Gasteiger partial charge in [0.25, 0.3) is 0 Å². The lowest BCUT2D eigenvalue weighted by molar-refractivity contribution is -0.174. The summed E-state index contributed by atoms with van der Waals surface area (Å²) < 4.78 is 17.6. The number of ether oxygens (including phenoxy) is 3. The molecule has 4 bridgehead atoms. The summed E-state index contributed by atoms with van der Waals surface area (Å²) >= 11 is 0. The fraction of sp³-hybridized carbons (Fsp3) is 0.375. The predicted octanol–water partition coefficient (Wildman–Crippen LogP) is 6.05. The maximum absolute atomic E-state index is 12.9. The van der Waals surface area contributed by atoms with Crippen molar-refractivity contribution in [3.05, 3.63) is 83.9 Å². The van der Waals surface area contributed by atoms with Crippen LogP contribution in [0.4, 0.5) is 0 Å². The second-order valence-corrected chi connectivity index (χ2v) is 12.8. The van der Waals surface area contributed by atoms with E-state index in [4.69, 9.17) is 14.2 Å². The van der Waals surface area contributed by atoms with Crippen LogP contribution in [0.1, 0.15) is 36.8 Å². The molecule has 2 heterocycles. The fourth-order valence-electron chi connectivity index (χ4n) is 6.53. The van der Waals surface area contributed by atoms with E-state index in [1.807, 2.05) is 26.0 Å². The average molecular weight is 530 g/mol. The monoisotopic (exact) mass is 529 g/mol. The Morgan fingerprint density at radius 2 is 1.50 bits per heavy atom. The fourth-order valence-corrected chi connectivity index (χ4v) is 8.80. The first-order valence-electron chi connectivity index (χ1n) is 13.4. The zero-order valence-electron chi connectivity index (χ0n) is 21.8. The van der Waals surface area contributed by atoms with Crippen molar-refractivity contribution < 1.29 is 23.8 Å². The highest BCUT2D eigenvalue weighted by Crippen LogP contribution is 2.48. The molecule has 0 N–H and O–H groups in total. The molecule has 6 heteroatoms. The molecule has 5 unspecified atom stereocenters. The third kappa shape index (κ3) is 4.94. The van der Waals surface area contributed by atoms with E-state index in [9.17, 15) is 9.59 Å². The van der Waals surface area contributed by atoms with Gasteiger partial charge in [0, 0.05) is 18.1 Å². The Hall–Kier alpha value is -3.25. The van der Waals surface area contributed by atoms with Crippen molar-refractivity contribution in [2.45, 2.75) is 66.4 Å². The van der Waals surface area contributed by atoms with E-state index in [0.717, 1.165) is 36.8 Å². The summed E-state index contributed by atoms with van der Waals surface area (Å²) in [6, 6.07) is 25.4. The van der Waals surface area contributed by atoms with Crippen molar-refractivity contribution in [2.75, 3.05) is 6.61 Å². The normalized spacial score (nSPS) is 25.7. The zero-order chi connectivity index (χ0) is 26.2. The van der Waals surface area contributed by atoms with Gasteiger partial charge in [-0.1, -0.05) is 36.4 Å². The maximum Gasteiger partial charge on any atom is 0.344 e. The molecule has 5 atom stereocenters. The summed E-state index contributed by atoms with van der Waals surface area (Å²) in [5.41, 5.74) is 1.97. The van der Waals surface area contributed by atoms with Crippen molar-refractivity contribution in [3.8, 4) is 5.75 Å². The van der Waals surface area contributed by atoms with Crippen LogP contribution in [-0.2, 0) is 30.0 Å². The Morgan fingerprint density at radius 1 is 0.868 bits per heavy atom. The Bertz CT molecular complexity index is 1260. The summed E-state index contributed by atoms with van der Waals surface area (Å²) in [6.07, 6.45) is 2.80. The lowest BCUT2D eigenvalue weighted by Crippen LogP contribution is -2.45. The molecule has 0 aromatic heterocycles. The molecule has 0 amide bonds. The standard InChI is InChI=1S/C32H33O5S/c1-20-13-27(38(25-9-5-3-6-10-25)26-11-7-4-8-12-26)14-21(2)30(20)35-19-29(33)37-31-23-15-22-16-24(18-23)32(34)36-28(31)17-22/h3-14,22-24,28,31H,15-19H2,1-2H3/q+1. The number of hydrogen-bond acceptors (Lipinski definition) is 5. The highest BCUT2D eigenvalue weighted by Gasteiger charge is 2.51. The molecule has 0 spiro atoms. The molecule has 38 heavy (non-hydrogen) atoms. The maximum atomic E-state index is 12.9. The Morgan fingerprint density at radius 3 is 2.13 bits per heavy atom. The molecular weight excluding hydrogens is 496 g/mol. The molecule has 196 valence electrons. The molecule has 3 aromatic carbocycles. The second-order valence-electron chi connectivity index (χ2n) is 10.8. The van der Waals surface area contributed by atoms with Crippen molar-refractivity contribution >= 4 is 22.8 Å². The van der Waals surface area contributed by atoms with Crippen molar-refractivity contribution in [3.63, 3.8) is 0 Å². The highest BCUT2D eigenvalue weighted by molar-refractivity contribution is 7.97. The number of rotatable bonds is 7. The topological polar surface area (TPSA) is 61.8 Å². The summed E-state index contributed by atoms with van der Waals surface area (Å²) in [7, 11) is -0.257. The first-order valence-corrected chi connectivity index (χ1v) is 14.7. The molecule has 7 rings (SSSR count). The van der Waals surface area contributed by atoms with E-state index in [2.05, 4.69) is 60.7 Å². The van der Waals surface area contributed by atoms with Crippen LogP contribution < -0.4 is 4.74 Å². The van der Waals surface area contributed by atoms with Crippen molar-refractivity contribution in [1.82, 2.24) is 0 Å². The second kappa shape index (κ2) is 10.5. The average Bonchev–Trinajstić information content (AvgIpc) is 3.07. The minimum Gasteiger partial charge on any atom is -0.481 e. The summed E-state index contributed by atoms with van der Waals surface area (Å²) in [5.74, 6) is 0.849. The number of fused-ring (bicyclic) bond motifs is 1. The van der Waals surface area contributed by atoms with Crippen molar-refractivity contribution in [1.29, 1.82) is 0 Å². The van der Waals surface area contributed by atoms with Gasteiger partial charge in [-0.05, 0) is 80.8 Å². The smallest absolute Gasteiger partial charge is 0.344 e. The third-order valence-corrected chi connectivity index (χ3v) is 10.3. The first-order chi connectivity index (χ1) is 18.5. The lowest BCUT2D eigenvalue weighted by atomic mass is 9.67. The number of carbonyl (C=O) groups is 2. The SMILES string of the molecule is Cc1cc([S+](c2ccccc2)c2ccccc2)cc(C)c1OCC(=O)OC1C2CC3CC(C2)C(=O)OC1C3. The van der Waals surface area contributed by atoms with Gasteiger partial charge >= 0.3 is 11.9 Å². The van der Waals surface area contributed by atoms with Gasteiger partial charge in [-0.15, -0.1) is 0 Å². The predicted molar refractivity (Wildman–Crippen MR) is 145 cm³/mol. The van der Waals surface area contributed by atoms with E-state index in [1.54, 1.807) is 0 Å². The zero-order valence-corrected chi connectivity index (χ0v) is 22.6. The van der Waals surface area contributed by atoms with Crippen LogP contribution in [0.5, 0.6) is 5.75 Å². The van der Waals surface area contributed by atoms with Crippen LogP contribution in [0.2, 0.25) is 0 Å². The lowest BCUT2D eigenvalue weighted by Gasteiger charge is -2.41. The summed E-state index contributed by atoms with van der Waals surface area (Å²) in [4.78, 5) is 28.9. The summed E-state index contributed by atoms with van der Waals surface area (Å²) in [5, 5.41) is 0. The molecule has 4 fully saturated rings. The third-order valence-electron chi connectivity index (χ3n) is 8.07. The quantitative estimate of drug-likeness (QED) is 0.275. The molecule has 2 saturated carbocycles. The van der Waals surface area contributed by atoms with Crippen LogP contribution in [0, 0.1) is 31.6 Å². The first kappa shape index (κ1) is 25.1. The number of carbonyl (C=O) groups excluding carboxylic acids is 2. The molecule has 2 aliphatic heterocycles. The Kier molecular flexibility index (Phi) is 6.91. The Labute approximate surface area is 226 Å². The molecule has 5 nitrogen and oxygen atoms in total. The molecule has 0 radical (unpaired) electrons.